The number of halogens is 3. The molecule has 0 amide bonds. The maximum absolute atomic E-state index is 12.3. The molecule has 0 saturated carbocycles. The fourth-order valence-corrected chi connectivity index (χ4v) is 1.65. The average molecular weight is 284 g/mol. The van der Waals surface area contributed by atoms with Gasteiger partial charge in [-0.1, -0.05) is 6.92 Å². The summed E-state index contributed by atoms with van der Waals surface area (Å²) in [6.07, 6.45) is -6.44. The highest BCUT2D eigenvalue weighted by atomic mass is 19.4. The summed E-state index contributed by atoms with van der Waals surface area (Å²) in [5.41, 5.74) is -1.87. The van der Waals surface area contributed by atoms with E-state index in [1.807, 2.05) is 0 Å². The van der Waals surface area contributed by atoms with Gasteiger partial charge in [0.2, 0.25) is 0 Å². The van der Waals surface area contributed by atoms with Crippen molar-refractivity contribution in [3.05, 3.63) is 0 Å². The zero-order valence-corrected chi connectivity index (χ0v) is 11.3. The van der Waals surface area contributed by atoms with Crippen LogP contribution in [0.1, 0.15) is 40.0 Å². The summed E-state index contributed by atoms with van der Waals surface area (Å²) in [4.78, 5) is 23.7. The van der Waals surface area contributed by atoms with E-state index < -0.39 is 36.4 Å². The first-order valence-corrected chi connectivity index (χ1v) is 6.14. The second-order valence-corrected chi connectivity index (χ2v) is 3.99. The Balaban J connectivity index is 5.17. The first-order valence-electron chi connectivity index (χ1n) is 6.14. The lowest BCUT2D eigenvalue weighted by Crippen LogP contribution is -2.42. The van der Waals surface area contributed by atoms with Gasteiger partial charge in [-0.15, -0.1) is 0 Å². The van der Waals surface area contributed by atoms with Crippen LogP contribution >= 0.6 is 0 Å². The van der Waals surface area contributed by atoms with Gasteiger partial charge in [0, 0.05) is 6.42 Å². The lowest BCUT2D eigenvalue weighted by Gasteiger charge is -2.28. The lowest BCUT2D eigenvalue weighted by molar-refractivity contribution is -0.178. The largest absolute Gasteiger partial charge is 0.465 e. The van der Waals surface area contributed by atoms with E-state index in [-0.39, 0.29) is 19.6 Å². The van der Waals surface area contributed by atoms with Crippen LogP contribution in [-0.2, 0) is 19.1 Å². The highest BCUT2D eigenvalue weighted by Crippen LogP contribution is 2.36. The molecule has 0 bridgehead atoms. The molecule has 0 N–H and O–H groups in total. The van der Waals surface area contributed by atoms with E-state index in [2.05, 4.69) is 0 Å². The second kappa shape index (κ2) is 7.35. The summed E-state index contributed by atoms with van der Waals surface area (Å²) in [6, 6.07) is 0. The Morgan fingerprint density at radius 2 is 1.32 bits per heavy atom. The molecule has 0 aromatic heterocycles. The second-order valence-electron chi connectivity index (χ2n) is 3.99. The Labute approximate surface area is 110 Å². The van der Waals surface area contributed by atoms with E-state index in [0.29, 0.717) is 0 Å². The molecule has 0 spiro atoms. The summed E-state index contributed by atoms with van der Waals surface area (Å²) in [5, 5.41) is 0. The molecule has 0 radical (unpaired) electrons. The van der Waals surface area contributed by atoms with Gasteiger partial charge in [-0.3, -0.25) is 9.59 Å². The number of hydrogen-bond donors (Lipinski definition) is 0. The standard InChI is InChI=1S/C12H19F3O4/c1-4-11(9(16)18-5-2,10(17)19-6-3)7-8-12(13,14)15/h4-8H2,1-3H3. The molecule has 0 saturated heterocycles. The van der Waals surface area contributed by atoms with E-state index >= 15 is 0 Å². The van der Waals surface area contributed by atoms with Crippen molar-refractivity contribution in [1.29, 1.82) is 0 Å². The molecular weight excluding hydrogens is 265 g/mol. The maximum Gasteiger partial charge on any atom is 0.389 e. The molecular formula is C12H19F3O4. The molecule has 0 fully saturated rings. The third-order valence-corrected chi connectivity index (χ3v) is 2.77. The van der Waals surface area contributed by atoms with Gasteiger partial charge >= 0.3 is 18.1 Å². The van der Waals surface area contributed by atoms with Gasteiger partial charge < -0.3 is 9.47 Å². The predicted molar refractivity (Wildman–Crippen MR) is 61.3 cm³/mol. The molecule has 0 aromatic rings. The molecule has 0 unspecified atom stereocenters. The number of esters is 2. The predicted octanol–water partition coefficient (Wildman–Crippen LogP) is 2.85. The van der Waals surface area contributed by atoms with E-state index in [0.717, 1.165) is 0 Å². The number of alkyl halides is 3. The quantitative estimate of drug-likeness (QED) is 0.533. The Kier molecular flexibility index (Phi) is 6.86. The third-order valence-electron chi connectivity index (χ3n) is 2.77. The number of ether oxygens (including phenoxy) is 2. The lowest BCUT2D eigenvalue weighted by atomic mass is 9.80. The minimum absolute atomic E-state index is 0.00793. The van der Waals surface area contributed by atoms with Crippen molar-refractivity contribution in [2.45, 2.75) is 46.2 Å². The van der Waals surface area contributed by atoms with Crippen LogP contribution in [0.4, 0.5) is 13.2 Å². The van der Waals surface area contributed by atoms with Gasteiger partial charge in [-0.2, -0.15) is 13.2 Å². The molecule has 0 aliphatic carbocycles. The van der Waals surface area contributed by atoms with Gasteiger partial charge in [-0.05, 0) is 26.7 Å². The normalized spacial score (nSPS) is 12.1. The number of carbonyl (C=O) groups is 2. The minimum Gasteiger partial charge on any atom is -0.465 e. The topological polar surface area (TPSA) is 52.6 Å². The van der Waals surface area contributed by atoms with E-state index in [1.165, 1.54) is 20.8 Å². The third kappa shape index (κ3) is 5.08. The van der Waals surface area contributed by atoms with Crippen LogP contribution in [0, 0.1) is 5.41 Å². The molecule has 0 aliphatic rings. The maximum atomic E-state index is 12.3. The number of hydrogen-bond acceptors (Lipinski definition) is 4. The van der Waals surface area contributed by atoms with Crippen molar-refractivity contribution in [3.63, 3.8) is 0 Å². The molecule has 112 valence electrons. The van der Waals surface area contributed by atoms with Crippen molar-refractivity contribution in [2.75, 3.05) is 13.2 Å². The van der Waals surface area contributed by atoms with Crippen LogP contribution in [0.2, 0.25) is 0 Å². The number of rotatable bonds is 7. The summed E-state index contributed by atoms with van der Waals surface area (Å²) in [5.74, 6) is -1.92. The molecule has 0 aliphatic heterocycles. The highest BCUT2D eigenvalue weighted by molar-refractivity contribution is 6.00. The molecule has 0 rings (SSSR count). The highest BCUT2D eigenvalue weighted by Gasteiger charge is 2.49. The molecule has 0 heterocycles. The Bertz CT molecular complexity index is 295. The van der Waals surface area contributed by atoms with Crippen LogP contribution in [0.5, 0.6) is 0 Å². The van der Waals surface area contributed by atoms with Gasteiger partial charge in [0.05, 0.1) is 13.2 Å². The SMILES string of the molecule is CCOC(=O)C(CC)(CCC(F)(F)F)C(=O)OCC. The first-order chi connectivity index (χ1) is 8.73. The Hall–Kier alpha value is -1.27. The summed E-state index contributed by atoms with van der Waals surface area (Å²) in [7, 11) is 0. The van der Waals surface area contributed by atoms with Crippen molar-refractivity contribution in [2.24, 2.45) is 5.41 Å². The zero-order chi connectivity index (χ0) is 15.1. The van der Waals surface area contributed by atoms with Gasteiger partial charge in [0.1, 0.15) is 0 Å². The molecule has 0 aromatic carbocycles. The van der Waals surface area contributed by atoms with E-state index in [9.17, 15) is 22.8 Å². The van der Waals surface area contributed by atoms with E-state index in [1.54, 1.807) is 0 Å². The Morgan fingerprint density at radius 1 is 0.895 bits per heavy atom. The summed E-state index contributed by atoms with van der Waals surface area (Å²) < 4.78 is 46.4. The first kappa shape index (κ1) is 17.7. The zero-order valence-electron chi connectivity index (χ0n) is 11.3. The van der Waals surface area contributed by atoms with Crippen molar-refractivity contribution >= 4 is 11.9 Å². The fraction of sp³-hybridized carbons (Fsp3) is 0.833. The monoisotopic (exact) mass is 284 g/mol. The Morgan fingerprint density at radius 3 is 1.58 bits per heavy atom. The molecule has 0 atom stereocenters. The van der Waals surface area contributed by atoms with Crippen molar-refractivity contribution in [1.82, 2.24) is 0 Å². The van der Waals surface area contributed by atoms with Gasteiger partial charge in [0.25, 0.3) is 0 Å². The van der Waals surface area contributed by atoms with Crippen molar-refractivity contribution < 1.29 is 32.2 Å². The molecule has 7 heteroatoms. The van der Waals surface area contributed by atoms with Crippen LogP contribution < -0.4 is 0 Å². The number of carbonyl (C=O) groups excluding carboxylic acids is 2. The molecule has 19 heavy (non-hydrogen) atoms. The summed E-state index contributed by atoms with van der Waals surface area (Å²) >= 11 is 0. The summed E-state index contributed by atoms with van der Waals surface area (Å²) in [6.45, 7) is 4.49. The smallest absolute Gasteiger partial charge is 0.389 e. The van der Waals surface area contributed by atoms with Gasteiger partial charge in [-0.25, -0.2) is 0 Å². The van der Waals surface area contributed by atoms with E-state index in [4.69, 9.17) is 9.47 Å². The van der Waals surface area contributed by atoms with Gasteiger partial charge in [0.15, 0.2) is 5.41 Å². The minimum atomic E-state index is -4.45. The average Bonchev–Trinajstić information content (AvgIpc) is 2.29. The van der Waals surface area contributed by atoms with Crippen LogP contribution in [0.15, 0.2) is 0 Å². The van der Waals surface area contributed by atoms with Crippen LogP contribution in [-0.4, -0.2) is 31.3 Å². The van der Waals surface area contributed by atoms with Crippen molar-refractivity contribution in [3.8, 4) is 0 Å². The molecule has 4 nitrogen and oxygen atoms in total. The van der Waals surface area contributed by atoms with Crippen LogP contribution in [0.3, 0.4) is 0 Å². The van der Waals surface area contributed by atoms with Crippen LogP contribution in [0.25, 0.3) is 0 Å². The fourth-order valence-electron chi connectivity index (χ4n) is 1.65.